The molecule has 1 N–H and O–H groups in total. The number of anilines is 3. The SMILES string of the molecule is C#Cc1nc(NC(=O)N2CCN(c3ccc(-c4cccc(N5CCCC5=O)c4)cc3)CC2)cs1. The van der Waals surface area contributed by atoms with Crippen molar-refractivity contribution in [3.63, 3.8) is 0 Å². The van der Waals surface area contributed by atoms with E-state index in [4.69, 9.17) is 6.42 Å². The van der Waals surface area contributed by atoms with Crippen molar-refractivity contribution in [2.75, 3.05) is 47.8 Å². The molecule has 0 radical (unpaired) electrons. The number of hydrogen-bond acceptors (Lipinski definition) is 5. The molecule has 2 saturated heterocycles. The number of nitrogens with zero attached hydrogens (tertiary/aromatic N) is 4. The average Bonchev–Trinajstić information content (AvgIpc) is 3.53. The summed E-state index contributed by atoms with van der Waals surface area (Å²) in [7, 11) is 0. The van der Waals surface area contributed by atoms with Gasteiger partial charge in [0.25, 0.3) is 0 Å². The minimum absolute atomic E-state index is 0.153. The molecule has 3 amide bonds. The first-order chi connectivity index (χ1) is 16.6. The van der Waals surface area contributed by atoms with Crippen molar-refractivity contribution in [3.05, 3.63) is 58.9 Å². The van der Waals surface area contributed by atoms with Crippen molar-refractivity contribution in [2.45, 2.75) is 12.8 Å². The molecule has 8 heteroatoms. The van der Waals surface area contributed by atoms with Crippen LogP contribution in [-0.2, 0) is 4.79 Å². The number of carbonyl (C=O) groups excluding carboxylic acids is 2. The Bertz CT molecular complexity index is 1240. The number of nitrogens with one attached hydrogen (secondary N) is 1. The van der Waals surface area contributed by atoms with Crippen LogP contribution in [0.15, 0.2) is 53.9 Å². The van der Waals surface area contributed by atoms with Crippen LogP contribution in [0.3, 0.4) is 0 Å². The van der Waals surface area contributed by atoms with E-state index in [9.17, 15) is 9.59 Å². The lowest BCUT2D eigenvalue weighted by atomic mass is 10.0. The van der Waals surface area contributed by atoms with Gasteiger partial charge in [-0.05, 0) is 47.7 Å². The van der Waals surface area contributed by atoms with E-state index in [0.717, 1.165) is 48.6 Å². The minimum Gasteiger partial charge on any atom is -0.368 e. The first kappa shape index (κ1) is 22.0. The Hall–Kier alpha value is -3.83. The lowest BCUT2D eigenvalue weighted by Crippen LogP contribution is -2.50. The molecular formula is C26H25N5O2S. The van der Waals surface area contributed by atoms with Crippen LogP contribution in [-0.4, -0.2) is 54.5 Å². The van der Waals surface area contributed by atoms with Crippen molar-refractivity contribution in [1.29, 1.82) is 0 Å². The molecule has 0 bridgehead atoms. The molecule has 2 aromatic carbocycles. The average molecular weight is 472 g/mol. The smallest absolute Gasteiger partial charge is 0.323 e. The van der Waals surface area contributed by atoms with E-state index >= 15 is 0 Å². The Balaban J connectivity index is 1.19. The molecule has 0 spiro atoms. The largest absolute Gasteiger partial charge is 0.368 e. The molecular weight excluding hydrogens is 446 g/mol. The summed E-state index contributed by atoms with van der Waals surface area (Å²) in [4.78, 5) is 34.8. The van der Waals surface area contributed by atoms with Gasteiger partial charge in [-0.25, -0.2) is 9.78 Å². The lowest BCUT2D eigenvalue weighted by Gasteiger charge is -2.36. The summed E-state index contributed by atoms with van der Waals surface area (Å²) in [5, 5.41) is 5.13. The van der Waals surface area contributed by atoms with Gasteiger partial charge in [0.2, 0.25) is 5.91 Å². The van der Waals surface area contributed by atoms with E-state index < -0.39 is 0 Å². The standard InChI is InChI=1S/C26H25N5O2S/c1-2-24-27-23(18-34-24)28-26(33)30-15-13-29(14-16-30)21-10-8-19(9-11-21)20-5-3-6-22(17-20)31-12-4-7-25(31)32/h1,3,5-6,8-11,17-18H,4,7,12-16H2,(H,28,33). The topological polar surface area (TPSA) is 68.8 Å². The third-order valence-corrected chi connectivity index (χ3v) is 7.00. The normalized spacial score (nSPS) is 16.0. The Labute approximate surface area is 203 Å². The molecule has 7 nitrogen and oxygen atoms in total. The Morgan fingerprint density at radius 3 is 2.47 bits per heavy atom. The second kappa shape index (κ2) is 9.57. The predicted octanol–water partition coefficient (Wildman–Crippen LogP) is 4.27. The van der Waals surface area contributed by atoms with Crippen molar-refractivity contribution >= 4 is 40.5 Å². The Morgan fingerprint density at radius 2 is 1.79 bits per heavy atom. The second-order valence-corrected chi connectivity index (χ2v) is 9.19. The molecule has 0 unspecified atom stereocenters. The van der Waals surface area contributed by atoms with Gasteiger partial charge in [0.05, 0.1) is 0 Å². The first-order valence-electron chi connectivity index (χ1n) is 11.3. The van der Waals surface area contributed by atoms with Crippen LogP contribution in [0.4, 0.5) is 22.0 Å². The summed E-state index contributed by atoms with van der Waals surface area (Å²) in [6.45, 7) is 3.57. The maximum atomic E-state index is 12.5. The number of amides is 3. The van der Waals surface area contributed by atoms with Crippen LogP contribution < -0.4 is 15.1 Å². The number of urea groups is 1. The van der Waals surface area contributed by atoms with Crippen LogP contribution in [0, 0.1) is 12.3 Å². The molecule has 5 rings (SSSR count). The van der Waals surface area contributed by atoms with E-state index in [2.05, 4.69) is 57.5 Å². The van der Waals surface area contributed by atoms with Gasteiger partial charge in [-0.1, -0.05) is 24.3 Å². The maximum absolute atomic E-state index is 12.5. The fourth-order valence-electron chi connectivity index (χ4n) is 4.39. The second-order valence-electron chi connectivity index (χ2n) is 8.33. The number of carbonyl (C=O) groups is 2. The van der Waals surface area contributed by atoms with Crippen LogP contribution >= 0.6 is 11.3 Å². The van der Waals surface area contributed by atoms with Crippen LogP contribution in [0.25, 0.3) is 11.1 Å². The number of hydrogen-bond donors (Lipinski definition) is 1. The highest BCUT2D eigenvalue weighted by molar-refractivity contribution is 7.10. The van der Waals surface area contributed by atoms with Crippen molar-refractivity contribution in [1.82, 2.24) is 9.88 Å². The summed E-state index contributed by atoms with van der Waals surface area (Å²) in [6.07, 6.45) is 6.89. The third kappa shape index (κ3) is 4.61. The van der Waals surface area contributed by atoms with Gasteiger partial charge >= 0.3 is 6.03 Å². The molecule has 3 heterocycles. The molecule has 34 heavy (non-hydrogen) atoms. The number of rotatable bonds is 4. The van der Waals surface area contributed by atoms with Gasteiger partial charge in [0.15, 0.2) is 5.01 Å². The van der Waals surface area contributed by atoms with Crippen molar-refractivity contribution < 1.29 is 9.59 Å². The number of aromatic nitrogens is 1. The summed E-state index contributed by atoms with van der Waals surface area (Å²) in [6, 6.07) is 16.5. The van der Waals surface area contributed by atoms with Gasteiger partial charge in [0.1, 0.15) is 5.82 Å². The minimum atomic E-state index is -0.153. The van der Waals surface area contributed by atoms with E-state index in [0.29, 0.717) is 30.3 Å². The molecule has 2 aliphatic heterocycles. The van der Waals surface area contributed by atoms with E-state index in [1.165, 1.54) is 11.3 Å². The molecule has 0 atom stereocenters. The van der Waals surface area contributed by atoms with Crippen LogP contribution in [0.2, 0.25) is 0 Å². The van der Waals surface area contributed by atoms with Gasteiger partial charge in [-0.15, -0.1) is 17.8 Å². The first-order valence-corrected chi connectivity index (χ1v) is 12.2. The summed E-state index contributed by atoms with van der Waals surface area (Å²) < 4.78 is 0. The fourth-order valence-corrected chi connectivity index (χ4v) is 4.95. The summed E-state index contributed by atoms with van der Waals surface area (Å²) in [5.74, 6) is 3.17. The van der Waals surface area contributed by atoms with Gasteiger partial charge in [-0.2, -0.15) is 0 Å². The van der Waals surface area contributed by atoms with E-state index in [-0.39, 0.29) is 11.9 Å². The van der Waals surface area contributed by atoms with E-state index in [1.807, 2.05) is 17.0 Å². The molecule has 2 aliphatic rings. The highest BCUT2D eigenvalue weighted by Gasteiger charge is 2.23. The number of terminal acetylenes is 1. The van der Waals surface area contributed by atoms with E-state index in [1.54, 1.807) is 10.3 Å². The maximum Gasteiger partial charge on any atom is 0.323 e. The number of piperazine rings is 1. The quantitative estimate of drug-likeness (QED) is 0.577. The van der Waals surface area contributed by atoms with Crippen LogP contribution in [0.1, 0.15) is 17.8 Å². The zero-order valence-corrected chi connectivity index (χ0v) is 19.6. The summed E-state index contributed by atoms with van der Waals surface area (Å²) >= 11 is 1.34. The van der Waals surface area contributed by atoms with Crippen molar-refractivity contribution in [3.8, 4) is 23.5 Å². The third-order valence-electron chi connectivity index (χ3n) is 6.23. The number of benzene rings is 2. The molecule has 2 fully saturated rings. The predicted molar refractivity (Wildman–Crippen MR) is 136 cm³/mol. The monoisotopic (exact) mass is 471 g/mol. The Morgan fingerprint density at radius 1 is 1.00 bits per heavy atom. The highest BCUT2D eigenvalue weighted by atomic mass is 32.1. The van der Waals surface area contributed by atoms with Crippen LogP contribution in [0.5, 0.6) is 0 Å². The van der Waals surface area contributed by atoms with Gasteiger partial charge in [0, 0.05) is 55.9 Å². The Kier molecular flexibility index (Phi) is 6.19. The van der Waals surface area contributed by atoms with Crippen molar-refractivity contribution in [2.24, 2.45) is 0 Å². The molecule has 0 aliphatic carbocycles. The zero-order chi connectivity index (χ0) is 23.5. The lowest BCUT2D eigenvalue weighted by molar-refractivity contribution is -0.117. The molecule has 1 aromatic heterocycles. The zero-order valence-electron chi connectivity index (χ0n) is 18.7. The fraction of sp³-hybridized carbons (Fsp3) is 0.269. The van der Waals surface area contributed by atoms with Gasteiger partial charge in [-0.3, -0.25) is 10.1 Å². The molecule has 3 aromatic rings. The molecule has 172 valence electrons. The van der Waals surface area contributed by atoms with Gasteiger partial charge < -0.3 is 14.7 Å². The number of thiazole rings is 1. The summed E-state index contributed by atoms with van der Waals surface area (Å²) in [5.41, 5.74) is 4.31. The molecule has 0 saturated carbocycles. The highest BCUT2D eigenvalue weighted by Crippen LogP contribution is 2.29.